The van der Waals surface area contributed by atoms with E-state index in [2.05, 4.69) is 29.4 Å². The van der Waals surface area contributed by atoms with Crippen molar-refractivity contribution in [3.63, 3.8) is 0 Å². The highest BCUT2D eigenvalue weighted by atomic mass is 31.2. The van der Waals surface area contributed by atoms with Crippen molar-refractivity contribution >= 4 is 23.7 Å². The molecule has 0 unspecified atom stereocenters. The lowest BCUT2D eigenvalue weighted by atomic mass is 10.1. The molecule has 1 aliphatic carbocycles. The van der Waals surface area contributed by atoms with Gasteiger partial charge in [0.05, 0.1) is 16.3 Å². The van der Waals surface area contributed by atoms with Crippen molar-refractivity contribution < 1.29 is 9.19 Å². The number of nitrogens with zero attached hydrogens (tertiary/aromatic N) is 1. The van der Waals surface area contributed by atoms with Crippen molar-refractivity contribution in [1.82, 2.24) is 0 Å². The van der Waals surface area contributed by atoms with E-state index in [-0.39, 0.29) is 0 Å². The Hall–Kier alpha value is -2.64. The molecule has 0 heterocycles. The molecule has 0 amide bonds. The van der Waals surface area contributed by atoms with Crippen molar-refractivity contribution in [2.24, 2.45) is 5.16 Å². The van der Waals surface area contributed by atoms with Crippen molar-refractivity contribution in [2.75, 3.05) is 0 Å². The van der Waals surface area contributed by atoms with Gasteiger partial charge in [0.2, 0.25) is 0 Å². The average Bonchev–Trinajstić information content (AvgIpc) is 3.08. The van der Waals surface area contributed by atoms with Crippen LogP contribution in [0.5, 0.6) is 0 Å². The van der Waals surface area contributed by atoms with E-state index in [0.29, 0.717) is 10.6 Å². The van der Waals surface area contributed by atoms with E-state index in [1.54, 1.807) is 0 Å². The molecular formula is C25H26NO2P. The normalized spacial score (nSPS) is 14.8. The van der Waals surface area contributed by atoms with Gasteiger partial charge in [0.1, 0.15) is 0 Å². The highest BCUT2D eigenvalue weighted by Crippen LogP contribution is 2.46. The molecule has 4 rings (SSSR count). The van der Waals surface area contributed by atoms with E-state index in [9.17, 15) is 4.57 Å². The van der Waals surface area contributed by atoms with Gasteiger partial charge < -0.3 is 4.62 Å². The molecule has 0 spiro atoms. The maximum absolute atomic E-state index is 14.4. The molecule has 3 aromatic carbocycles. The van der Waals surface area contributed by atoms with Crippen LogP contribution in [0.15, 0.2) is 65.8 Å². The van der Waals surface area contributed by atoms with Crippen LogP contribution in [0.2, 0.25) is 0 Å². The standard InChI is InChI=1S/C25H26NO2P/c1-17-11-18(2)14-22(13-17)29(27,23-15-19(3)12-20(4)16-23)28-26-25-10-9-21-7-5-6-8-24(21)25/h5-8,11-16H,9-10H2,1-4H3/b26-25+. The van der Waals surface area contributed by atoms with E-state index in [1.165, 1.54) is 5.56 Å². The van der Waals surface area contributed by atoms with Gasteiger partial charge in [-0.1, -0.05) is 41.6 Å². The van der Waals surface area contributed by atoms with Crippen LogP contribution in [-0.4, -0.2) is 5.71 Å². The fraction of sp³-hybridized carbons (Fsp3) is 0.240. The lowest BCUT2D eigenvalue weighted by Crippen LogP contribution is -2.19. The van der Waals surface area contributed by atoms with Gasteiger partial charge in [-0.25, -0.2) is 0 Å². The molecule has 3 aromatic rings. The van der Waals surface area contributed by atoms with Crippen molar-refractivity contribution in [3.05, 3.63) is 94.0 Å². The molecule has 0 radical (unpaired) electrons. The van der Waals surface area contributed by atoms with Crippen LogP contribution in [0.25, 0.3) is 0 Å². The summed E-state index contributed by atoms with van der Waals surface area (Å²) in [5.74, 6) is 0. The predicted molar refractivity (Wildman–Crippen MR) is 121 cm³/mol. The van der Waals surface area contributed by atoms with Gasteiger partial charge in [0, 0.05) is 5.56 Å². The first-order valence-electron chi connectivity index (χ1n) is 9.97. The first kappa shape index (κ1) is 19.7. The van der Waals surface area contributed by atoms with Crippen LogP contribution < -0.4 is 10.6 Å². The molecule has 4 heteroatoms. The molecule has 0 N–H and O–H groups in total. The lowest BCUT2D eigenvalue weighted by molar-refractivity contribution is 0.348. The smallest absolute Gasteiger partial charge is 0.330 e. The SMILES string of the molecule is Cc1cc(C)cc(P(=O)(O/N=C2\CCc3ccccc32)c2cc(C)cc(C)c2)c1. The summed E-state index contributed by atoms with van der Waals surface area (Å²) in [4.78, 5) is 0. The third-order valence-electron chi connectivity index (χ3n) is 5.32. The van der Waals surface area contributed by atoms with Crippen LogP contribution in [0.3, 0.4) is 0 Å². The number of fused-ring (bicyclic) bond motifs is 1. The molecule has 29 heavy (non-hydrogen) atoms. The van der Waals surface area contributed by atoms with E-state index in [1.807, 2.05) is 64.1 Å². The van der Waals surface area contributed by atoms with Gasteiger partial charge in [-0.2, -0.15) is 0 Å². The fourth-order valence-corrected chi connectivity index (χ4v) is 6.29. The van der Waals surface area contributed by atoms with E-state index in [4.69, 9.17) is 4.62 Å². The number of hydrogen-bond acceptors (Lipinski definition) is 3. The first-order chi connectivity index (χ1) is 13.8. The maximum Gasteiger partial charge on any atom is 0.330 e. The summed E-state index contributed by atoms with van der Waals surface area (Å²) in [6.07, 6.45) is 1.74. The number of benzene rings is 3. The average molecular weight is 403 g/mol. The van der Waals surface area contributed by atoms with Gasteiger partial charge in [0.25, 0.3) is 0 Å². The summed E-state index contributed by atoms with van der Waals surface area (Å²) in [6, 6.07) is 20.2. The highest BCUT2D eigenvalue weighted by molar-refractivity contribution is 7.74. The summed E-state index contributed by atoms with van der Waals surface area (Å²) in [6.45, 7) is 8.06. The number of oxime groups is 1. The third-order valence-corrected chi connectivity index (χ3v) is 7.51. The molecular weight excluding hydrogens is 377 g/mol. The second-order valence-corrected chi connectivity index (χ2v) is 10.3. The molecule has 0 fully saturated rings. The van der Waals surface area contributed by atoms with Crippen LogP contribution in [0.4, 0.5) is 0 Å². The Bertz CT molecular complexity index is 1070. The molecule has 0 aromatic heterocycles. The Labute approximate surface area is 172 Å². The molecule has 0 atom stereocenters. The molecule has 3 nitrogen and oxygen atoms in total. The monoisotopic (exact) mass is 403 g/mol. The van der Waals surface area contributed by atoms with Crippen molar-refractivity contribution in [3.8, 4) is 0 Å². The second-order valence-electron chi connectivity index (χ2n) is 8.02. The second kappa shape index (κ2) is 7.65. The Morgan fingerprint density at radius 2 is 1.28 bits per heavy atom. The molecule has 0 saturated carbocycles. The first-order valence-corrected chi connectivity index (χ1v) is 11.6. The van der Waals surface area contributed by atoms with Gasteiger partial charge >= 0.3 is 7.37 Å². The zero-order valence-electron chi connectivity index (χ0n) is 17.4. The highest BCUT2D eigenvalue weighted by Gasteiger charge is 2.32. The quantitative estimate of drug-likeness (QED) is 0.425. The van der Waals surface area contributed by atoms with Crippen LogP contribution in [0.1, 0.15) is 39.8 Å². The molecule has 0 aliphatic heterocycles. The Kier molecular flexibility index (Phi) is 5.19. The van der Waals surface area contributed by atoms with Crippen LogP contribution in [0, 0.1) is 27.7 Å². The molecule has 1 aliphatic rings. The lowest BCUT2D eigenvalue weighted by Gasteiger charge is -2.19. The van der Waals surface area contributed by atoms with Gasteiger partial charge in [-0.3, -0.25) is 4.57 Å². The van der Waals surface area contributed by atoms with Gasteiger partial charge in [-0.05, 0) is 92.6 Å². The van der Waals surface area contributed by atoms with E-state index >= 15 is 0 Å². The van der Waals surface area contributed by atoms with Gasteiger partial charge in [-0.15, -0.1) is 0 Å². The fourth-order valence-electron chi connectivity index (χ4n) is 4.09. The maximum atomic E-state index is 14.4. The van der Waals surface area contributed by atoms with Gasteiger partial charge in [0.15, 0.2) is 0 Å². The largest absolute Gasteiger partial charge is 0.330 e. The number of aryl methyl sites for hydroxylation is 5. The predicted octanol–water partition coefficient (Wildman–Crippen LogP) is 5.52. The minimum Gasteiger partial charge on any atom is -0.330 e. The molecule has 148 valence electrons. The van der Waals surface area contributed by atoms with Crippen molar-refractivity contribution in [2.45, 2.75) is 40.5 Å². The number of hydrogen-bond donors (Lipinski definition) is 0. The van der Waals surface area contributed by atoms with Crippen molar-refractivity contribution in [1.29, 1.82) is 0 Å². The Morgan fingerprint density at radius 1 is 0.759 bits per heavy atom. The summed E-state index contributed by atoms with van der Waals surface area (Å²) in [5, 5.41) is 5.84. The summed E-state index contributed by atoms with van der Waals surface area (Å²) in [7, 11) is -3.38. The van der Waals surface area contributed by atoms with E-state index in [0.717, 1.165) is 46.4 Å². The van der Waals surface area contributed by atoms with E-state index < -0.39 is 7.37 Å². The van der Waals surface area contributed by atoms with Crippen LogP contribution in [-0.2, 0) is 15.6 Å². The zero-order chi connectivity index (χ0) is 20.6. The van der Waals surface area contributed by atoms with Crippen LogP contribution >= 0.6 is 7.37 Å². The Morgan fingerprint density at radius 3 is 1.83 bits per heavy atom. The molecule has 0 bridgehead atoms. The molecule has 0 saturated heterocycles. The third kappa shape index (κ3) is 3.93. The Balaban J connectivity index is 1.83. The number of rotatable bonds is 4. The summed E-state index contributed by atoms with van der Waals surface area (Å²) >= 11 is 0. The minimum atomic E-state index is -3.38. The zero-order valence-corrected chi connectivity index (χ0v) is 18.3. The topological polar surface area (TPSA) is 38.7 Å². The minimum absolute atomic E-state index is 0.690. The summed E-state index contributed by atoms with van der Waals surface area (Å²) < 4.78 is 20.4. The summed E-state index contributed by atoms with van der Waals surface area (Å²) in [5.41, 5.74) is 7.48.